The van der Waals surface area contributed by atoms with Crippen LogP contribution in [0, 0.1) is 0 Å². The van der Waals surface area contributed by atoms with E-state index in [1.165, 1.54) is 0 Å². The van der Waals surface area contributed by atoms with Crippen molar-refractivity contribution in [2.45, 2.75) is 38.6 Å². The van der Waals surface area contributed by atoms with Crippen molar-refractivity contribution < 1.29 is 4.79 Å². The van der Waals surface area contributed by atoms with Gasteiger partial charge in [-0.2, -0.15) is 0 Å². The van der Waals surface area contributed by atoms with E-state index in [1.54, 1.807) is 6.07 Å². The zero-order chi connectivity index (χ0) is 14.3. The van der Waals surface area contributed by atoms with Crippen molar-refractivity contribution >= 4 is 11.7 Å². The number of nitrogens with one attached hydrogen (secondary N) is 1. The molecule has 2 fully saturated rings. The largest absolute Gasteiger partial charge is 0.353 e. The Kier molecular flexibility index (Phi) is 3.23. The Morgan fingerprint density at radius 1 is 1.35 bits per heavy atom. The summed E-state index contributed by atoms with van der Waals surface area (Å²) in [5.74, 6) is 1.90. The second-order valence-corrected chi connectivity index (χ2v) is 5.87. The highest BCUT2D eigenvalue weighted by Crippen LogP contribution is 2.25. The minimum Gasteiger partial charge on any atom is -0.353 e. The Balaban J connectivity index is 1.84. The molecule has 1 amide bonds. The van der Waals surface area contributed by atoms with E-state index in [9.17, 15) is 9.59 Å². The van der Waals surface area contributed by atoms with Crippen LogP contribution in [0.25, 0.3) is 0 Å². The van der Waals surface area contributed by atoms with Crippen LogP contribution >= 0.6 is 0 Å². The highest BCUT2D eigenvalue weighted by atomic mass is 16.2. The molecule has 0 saturated carbocycles. The topological polar surface area (TPSA) is 69.3 Å². The third-order valence-electron chi connectivity index (χ3n) is 4.11. The number of piperazine rings is 1. The van der Waals surface area contributed by atoms with Crippen molar-refractivity contribution in [2.75, 3.05) is 24.5 Å². The molecule has 0 radical (unpaired) electrons. The number of hydrogen-bond donors (Lipinski definition) is 1. The van der Waals surface area contributed by atoms with Gasteiger partial charge in [-0.1, -0.05) is 13.8 Å². The van der Waals surface area contributed by atoms with Crippen LogP contribution in [-0.4, -0.2) is 46.5 Å². The fourth-order valence-electron chi connectivity index (χ4n) is 2.97. The van der Waals surface area contributed by atoms with Crippen LogP contribution < -0.4 is 10.5 Å². The van der Waals surface area contributed by atoms with Crippen molar-refractivity contribution in [3.63, 3.8) is 0 Å². The smallest absolute Gasteiger partial charge is 0.252 e. The molecule has 20 heavy (non-hydrogen) atoms. The van der Waals surface area contributed by atoms with Gasteiger partial charge in [0.1, 0.15) is 11.6 Å². The monoisotopic (exact) mass is 276 g/mol. The summed E-state index contributed by atoms with van der Waals surface area (Å²) in [5.41, 5.74) is -0.108. The number of hydrogen-bond acceptors (Lipinski definition) is 4. The number of fused-ring (bicyclic) bond motifs is 1. The lowest BCUT2D eigenvalue weighted by atomic mass is 10.1. The highest BCUT2D eigenvalue weighted by Gasteiger charge is 2.35. The standard InChI is InChI=1S/C14H20N4O2/c1-9(2)14-15-11(7-12(19)16-14)17-5-6-18-10(8-17)3-4-13(18)20/h7,9-10H,3-6,8H2,1-2H3,(H,15,16,19). The first kappa shape index (κ1) is 13.1. The van der Waals surface area contributed by atoms with Crippen LogP contribution in [0.1, 0.15) is 38.4 Å². The quantitative estimate of drug-likeness (QED) is 0.863. The van der Waals surface area contributed by atoms with Crippen molar-refractivity contribution in [3.8, 4) is 0 Å². The number of rotatable bonds is 2. The van der Waals surface area contributed by atoms with Crippen molar-refractivity contribution in [1.82, 2.24) is 14.9 Å². The first-order valence-corrected chi connectivity index (χ1v) is 7.20. The minimum atomic E-state index is -0.108. The van der Waals surface area contributed by atoms with Crippen LogP contribution in [0.3, 0.4) is 0 Å². The van der Waals surface area contributed by atoms with E-state index < -0.39 is 0 Å². The van der Waals surface area contributed by atoms with E-state index in [0.717, 1.165) is 37.7 Å². The van der Waals surface area contributed by atoms with Crippen molar-refractivity contribution in [1.29, 1.82) is 0 Å². The summed E-state index contributed by atoms with van der Waals surface area (Å²) in [7, 11) is 0. The number of carbonyl (C=O) groups is 1. The number of H-pyrrole nitrogens is 1. The normalized spacial score (nSPS) is 22.6. The van der Waals surface area contributed by atoms with Crippen molar-refractivity contribution in [2.24, 2.45) is 0 Å². The molecular formula is C14H20N4O2. The molecule has 1 unspecified atom stereocenters. The maximum Gasteiger partial charge on any atom is 0.252 e. The van der Waals surface area contributed by atoms with E-state index in [4.69, 9.17) is 0 Å². The SMILES string of the molecule is CC(C)c1nc(N2CCN3C(=O)CCC3C2)cc(=O)[nH]1. The molecule has 3 rings (SSSR count). The van der Waals surface area contributed by atoms with Gasteiger partial charge in [-0.3, -0.25) is 9.59 Å². The molecule has 3 heterocycles. The zero-order valence-electron chi connectivity index (χ0n) is 11.9. The summed E-state index contributed by atoms with van der Waals surface area (Å²) in [6.45, 7) is 6.27. The summed E-state index contributed by atoms with van der Waals surface area (Å²) < 4.78 is 0. The number of carbonyl (C=O) groups excluding carboxylic acids is 1. The third-order valence-corrected chi connectivity index (χ3v) is 4.11. The average Bonchev–Trinajstić information content (AvgIpc) is 2.79. The number of aromatic nitrogens is 2. The van der Waals surface area contributed by atoms with Gasteiger partial charge in [-0.25, -0.2) is 4.98 Å². The molecule has 1 N–H and O–H groups in total. The summed E-state index contributed by atoms with van der Waals surface area (Å²) in [6.07, 6.45) is 1.56. The summed E-state index contributed by atoms with van der Waals surface area (Å²) in [5, 5.41) is 0. The Labute approximate surface area is 117 Å². The highest BCUT2D eigenvalue weighted by molar-refractivity contribution is 5.79. The van der Waals surface area contributed by atoms with Gasteiger partial charge in [-0.15, -0.1) is 0 Å². The van der Waals surface area contributed by atoms with E-state index in [-0.39, 0.29) is 23.4 Å². The first-order chi connectivity index (χ1) is 9.54. The molecule has 0 spiro atoms. The van der Waals surface area contributed by atoms with Gasteiger partial charge >= 0.3 is 0 Å². The maximum absolute atomic E-state index is 11.8. The third kappa shape index (κ3) is 2.30. The lowest BCUT2D eigenvalue weighted by Gasteiger charge is -2.38. The second kappa shape index (κ2) is 4.92. The molecule has 1 atom stereocenters. The summed E-state index contributed by atoms with van der Waals surface area (Å²) in [6, 6.07) is 1.83. The Hall–Kier alpha value is -1.85. The van der Waals surface area contributed by atoms with Gasteiger partial charge in [0, 0.05) is 44.1 Å². The summed E-state index contributed by atoms with van der Waals surface area (Å²) >= 11 is 0. The zero-order valence-corrected chi connectivity index (χ0v) is 11.9. The number of anilines is 1. The lowest BCUT2D eigenvalue weighted by Crippen LogP contribution is -2.52. The van der Waals surface area contributed by atoms with Crippen LogP contribution in [0.4, 0.5) is 5.82 Å². The predicted octanol–water partition coefficient (Wildman–Crippen LogP) is 0.704. The maximum atomic E-state index is 11.8. The number of amides is 1. The Morgan fingerprint density at radius 3 is 2.90 bits per heavy atom. The van der Waals surface area contributed by atoms with E-state index in [1.807, 2.05) is 18.7 Å². The molecule has 2 saturated heterocycles. The Bertz CT molecular complexity index is 581. The van der Waals surface area contributed by atoms with Crippen LogP contribution in [0.15, 0.2) is 10.9 Å². The molecule has 108 valence electrons. The van der Waals surface area contributed by atoms with Crippen LogP contribution in [-0.2, 0) is 4.79 Å². The van der Waals surface area contributed by atoms with Crippen molar-refractivity contribution in [3.05, 3.63) is 22.2 Å². The van der Waals surface area contributed by atoms with E-state index in [2.05, 4.69) is 14.9 Å². The predicted molar refractivity (Wildman–Crippen MR) is 75.9 cm³/mol. The minimum absolute atomic E-state index is 0.108. The molecule has 6 nitrogen and oxygen atoms in total. The molecule has 1 aromatic rings. The van der Waals surface area contributed by atoms with Gasteiger partial charge in [0.25, 0.3) is 5.56 Å². The molecule has 0 bridgehead atoms. The molecule has 0 aliphatic carbocycles. The molecule has 1 aromatic heterocycles. The number of aromatic amines is 1. The van der Waals surface area contributed by atoms with Crippen LogP contribution in [0.5, 0.6) is 0 Å². The fraction of sp³-hybridized carbons (Fsp3) is 0.643. The second-order valence-electron chi connectivity index (χ2n) is 5.87. The van der Waals surface area contributed by atoms with Gasteiger partial charge in [0.05, 0.1) is 0 Å². The molecular weight excluding hydrogens is 256 g/mol. The molecule has 0 aromatic carbocycles. The van der Waals surface area contributed by atoms with E-state index >= 15 is 0 Å². The van der Waals surface area contributed by atoms with Gasteiger partial charge < -0.3 is 14.8 Å². The number of nitrogens with zero attached hydrogens (tertiary/aromatic N) is 3. The first-order valence-electron chi connectivity index (χ1n) is 7.20. The summed E-state index contributed by atoms with van der Waals surface area (Å²) in [4.78, 5) is 34.9. The Morgan fingerprint density at radius 2 is 2.15 bits per heavy atom. The van der Waals surface area contributed by atoms with Gasteiger partial charge in [0.2, 0.25) is 5.91 Å². The van der Waals surface area contributed by atoms with Crippen LogP contribution in [0.2, 0.25) is 0 Å². The fourth-order valence-corrected chi connectivity index (χ4v) is 2.97. The van der Waals surface area contributed by atoms with Gasteiger partial charge in [0.15, 0.2) is 0 Å². The lowest BCUT2D eigenvalue weighted by molar-refractivity contribution is -0.129. The molecule has 2 aliphatic rings. The molecule has 2 aliphatic heterocycles. The average molecular weight is 276 g/mol. The molecule has 6 heteroatoms. The van der Waals surface area contributed by atoms with Gasteiger partial charge in [-0.05, 0) is 6.42 Å². The van der Waals surface area contributed by atoms with E-state index in [0.29, 0.717) is 6.42 Å².